The molecule has 0 aromatic heterocycles. The molecule has 0 amide bonds. The van der Waals surface area contributed by atoms with E-state index in [9.17, 15) is 0 Å². The van der Waals surface area contributed by atoms with Gasteiger partial charge in [-0.3, -0.25) is 0 Å². The SMILES string of the molecule is O=P(O)(O)O.O=P(O)(O)O.[Be+2].[O]=[W](=[O])[O-].[O]=[W](=[O])[O-]. The zero-order chi connectivity index (χ0) is 16.2. The summed E-state index contributed by atoms with van der Waals surface area (Å²) in [7, 11) is -9.28. The Morgan fingerprint density at radius 3 is 0.632 bits per heavy atom. The molecule has 0 aromatic rings. The van der Waals surface area contributed by atoms with Crippen molar-refractivity contribution >= 4 is 25.8 Å². The predicted octanol–water partition coefficient (Wildman–Crippen LogP) is -5.10. The van der Waals surface area contributed by atoms with Gasteiger partial charge in [0.05, 0.1) is 0 Å². The van der Waals surface area contributed by atoms with Gasteiger partial charge in [-0.25, -0.2) is 9.13 Å². The van der Waals surface area contributed by atoms with E-state index in [-0.39, 0.29) is 10.1 Å². The van der Waals surface area contributed by atoms with Crippen LogP contribution in [-0.4, -0.2) is 39.5 Å². The summed E-state index contributed by atoms with van der Waals surface area (Å²) < 4.78 is 69.4. The van der Waals surface area contributed by atoms with Crippen LogP contribution in [-0.2, 0) is 58.0 Å². The monoisotopic (exact) mass is 669 g/mol. The maximum atomic E-state index is 8.88. The van der Waals surface area contributed by atoms with Gasteiger partial charge in [-0.05, 0) is 0 Å². The van der Waals surface area contributed by atoms with Crippen LogP contribution in [0.25, 0.3) is 0 Å². The molecule has 0 heterocycles. The fraction of sp³-hybridized carbons (Fsp3) is 0. The van der Waals surface area contributed by atoms with Crippen molar-refractivity contribution < 1.29 is 94.8 Å². The molecule has 0 aliphatic carbocycles. The summed E-state index contributed by atoms with van der Waals surface area (Å²) in [5.74, 6) is 0. The Balaban J connectivity index is -0.0000000453. The van der Waals surface area contributed by atoms with Gasteiger partial charge in [-0.1, -0.05) is 0 Å². The minimum absolute atomic E-state index is 0. The zero-order valence-corrected chi connectivity index (χ0v) is 16.0. The van der Waals surface area contributed by atoms with E-state index in [1.165, 1.54) is 0 Å². The van der Waals surface area contributed by atoms with Crippen LogP contribution in [0, 0.1) is 0 Å². The number of rotatable bonds is 0. The van der Waals surface area contributed by atoms with Crippen molar-refractivity contribution in [3.05, 3.63) is 0 Å². The first-order valence-corrected chi connectivity index (χ1v) is 12.9. The first kappa shape index (κ1) is 32.0. The Labute approximate surface area is 120 Å². The Morgan fingerprint density at radius 2 is 0.632 bits per heavy atom. The van der Waals surface area contributed by atoms with Crippen LogP contribution in [0.4, 0.5) is 0 Å². The van der Waals surface area contributed by atoms with Crippen molar-refractivity contribution in [2.24, 2.45) is 0 Å². The van der Waals surface area contributed by atoms with Gasteiger partial charge in [0.2, 0.25) is 0 Å². The van der Waals surface area contributed by atoms with E-state index in [4.69, 9.17) is 59.6 Å². The normalized spacial score (nSPS) is 8.84. The van der Waals surface area contributed by atoms with Gasteiger partial charge in [0.15, 0.2) is 0 Å². The van der Waals surface area contributed by atoms with Gasteiger partial charge in [0.1, 0.15) is 0 Å². The van der Waals surface area contributed by atoms with Gasteiger partial charge < -0.3 is 29.4 Å². The van der Waals surface area contributed by atoms with Gasteiger partial charge in [0.25, 0.3) is 0 Å². The molecule has 0 saturated heterocycles. The molecule has 19 heteroatoms. The van der Waals surface area contributed by atoms with Crippen LogP contribution < -0.4 is 7.52 Å². The van der Waals surface area contributed by atoms with Crippen molar-refractivity contribution in [2.45, 2.75) is 0 Å². The van der Waals surface area contributed by atoms with Crippen LogP contribution in [0.5, 0.6) is 0 Å². The zero-order valence-electron chi connectivity index (χ0n) is 8.37. The van der Waals surface area contributed by atoms with Crippen molar-refractivity contribution in [1.29, 1.82) is 0 Å². The minimum atomic E-state index is -4.64. The molecule has 14 nitrogen and oxygen atoms in total. The van der Waals surface area contributed by atoms with E-state index in [0.717, 1.165) is 0 Å². The molecule has 0 atom stereocenters. The maximum absolute atomic E-state index is 8.88. The second kappa shape index (κ2) is 16.9. The first-order chi connectivity index (χ1) is 7.46. The van der Waals surface area contributed by atoms with Crippen LogP contribution in [0.1, 0.15) is 0 Å². The fourth-order valence-corrected chi connectivity index (χ4v) is 0. The number of phosphoric acid groups is 2. The number of hydrogen-bond acceptors (Lipinski definition) is 8. The van der Waals surface area contributed by atoms with Crippen LogP contribution in [0.2, 0.25) is 0 Å². The van der Waals surface area contributed by atoms with Crippen molar-refractivity contribution in [3.63, 3.8) is 0 Å². The molecule has 0 radical (unpaired) electrons. The van der Waals surface area contributed by atoms with Gasteiger partial charge in [-0.15, -0.1) is 0 Å². The summed E-state index contributed by atoms with van der Waals surface area (Å²) in [6.45, 7) is 0. The van der Waals surface area contributed by atoms with Crippen LogP contribution >= 0.6 is 15.6 Å². The summed E-state index contributed by atoms with van der Waals surface area (Å²) in [4.78, 5) is 43.1. The van der Waals surface area contributed by atoms with Crippen LogP contribution in [0.15, 0.2) is 0 Å². The first-order valence-electron chi connectivity index (χ1n) is 2.57. The Morgan fingerprint density at radius 1 is 0.632 bits per heavy atom. The van der Waals surface area contributed by atoms with Crippen molar-refractivity contribution in [2.75, 3.05) is 0 Å². The fourth-order valence-electron chi connectivity index (χ4n) is 0. The molecule has 0 fully saturated rings. The second-order valence-corrected chi connectivity index (χ2v) is 6.42. The summed E-state index contributed by atoms with van der Waals surface area (Å²) in [5, 5.41) is 0. The molecule has 114 valence electrons. The third kappa shape index (κ3) is 6870. The molecule has 0 unspecified atom stereocenters. The Kier molecular flexibility index (Phi) is 28.5. The summed E-state index contributed by atoms with van der Waals surface area (Å²) in [6.07, 6.45) is 0. The number of hydrogen-bond donors (Lipinski definition) is 6. The summed E-state index contributed by atoms with van der Waals surface area (Å²) >= 11 is -8.56. The van der Waals surface area contributed by atoms with E-state index in [0.29, 0.717) is 0 Å². The van der Waals surface area contributed by atoms with Gasteiger partial charge in [0, 0.05) is 0 Å². The molecule has 0 spiro atoms. The summed E-state index contributed by atoms with van der Waals surface area (Å²) in [6, 6.07) is 0. The molecule has 0 aliphatic heterocycles. The quantitative estimate of drug-likeness (QED) is 0.104. The van der Waals surface area contributed by atoms with E-state index in [1.54, 1.807) is 0 Å². The third-order valence-electron chi connectivity index (χ3n) is 0. The van der Waals surface area contributed by atoms with E-state index in [2.05, 4.69) is 0 Å². The van der Waals surface area contributed by atoms with Gasteiger partial charge in [-0.2, -0.15) is 0 Å². The standard InChI is InChI=1S/Be.2H3O4P.6O.2W/c;2*1-5(2,3)4;;;;;;;;/h;2*(H3,1,2,3,4);;;;;;;;/q+2;;;;;;;2*-1;;. The summed E-state index contributed by atoms with van der Waals surface area (Å²) in [5.41, 5.74) is 0. The van der Waals surface area contributed by atoms with Gasteiger partial charge >= 0.3 is 82.1 Å². The molecule has 0 aromatic carbocycles. The molecule has 6 N–H and O–H groups in total. The molecule has 0 rings (SSSR count). The van der Waals surface area contributed by atoms with E-state index < -0.39 is 50.9 Å². The molecular weight excluding hydrogens is 663 g/mol. The Hall–Kier alpha value is 0.885. The van der Waals surface area contributed by atoms with Crippen molar-refractivity contribution in [3.8, 4) is 0 Å². The van der Waals surface area contributed by atoms with E-state index in [1.807, 2.05) is 0 Å². The molecule has 0 aliphatic rings. The van der Waals surface area contributed by atoms with Crippen molar-refractivity contribution in [1.82, 2.24) is 0 Å². The third-order valence-corrected chi connectivity index (χ3v) is 0. The topological polar surface area (TPSA) is 270 Å². The average Bonchev–Trinajstić information content (AvgIpc) is 1.70. The van der Waals surface area contributed by atoms with E-state index >= 15 is 0 Å². The average molecular weight is 669 g/mol. The molecule has 19 heavy (non-hydrogen) atoms. The Bertz CT molecular complexity index is 333. The molecular formula is H6BeO14P2W2. The molecule has 0 saturated carbocycles. The second-order valence-electron chi connectivity index (χ2n) is 1.43. The van der Waals surface area contributed by atoms with Crippen LogP contribution in [0.3, 0.4) is 0 Å². The molecule has 0 bridgehead atoms. The predicted molar refractivity (Wildman–Crippen MR) is 37.0 cm³/mol.